The Morgan fingerprint density at radius 1 is 1.25 bits per heavy atom. The molecule has 0 radical (unpaired) electrons. The van der Waals surface area contributed by atoms with Gasteiger partial charge in [0.05, 0.1) is 5.56 Å². The first-order valence-corrected chi connectivity index (χ1v) is 5.80. The van der Waals surface area contributed by atoms with Gasteiger partial charge in [0.2, 0.25) is 0 Å². The fourth-order valence-corrected chi connectivity index (χ4v) is 1.79. The van der Waals surface area contributed by atoms with Crippen molar-refractivity contribution in [2.75, 3.05) is 0 Å². The largest absolute Gasteiger partial charge is 0.313 e. The van der Waals surface area contributed by atoms with E-state index in [0.29, 0.717) is 17.2 Å². The summed E-state index contributed by atoms with van der Waals surface area (Å²) in [5.74, 6) is 0.828. The van der Waals surface area contributed by atoms with Gasteiger partial charge in [-0.05, 0) is 0 Å². The molecule has 0 saturated heterocycles. The molecule has 0 atom stereocenters. The summed E-state index contributed by atoms with van der Waals surface area (Å²) < 4.78 is 22.8. The van der Waals surface area contributed by atoms with Gasteiger partial charge in [0.1, 0.15) is 28.6 Å². The summed E-state index contributed by atoms with van der Waals surface area (Å²) in [5.41, 5.74) is 0.699. The first kappa shape index (κ1) is 10.7. The van der Waals surface area contributed by atoms with Crippen LogP contribution >= 0.6 is 0 Å². The Morgan fingerprint density at radius 3 is 2.56 bits per heavy atom. The van der Waals surface area contributed by atoms with Crippen LogP contribution in [0.25, 0.3) is 11.4 Å². The minimum Gasteiger partial charge on any atom is -0.313 e. The van der Waals surface area contributed by atoms with Crippen molar-refractivity contribution in [1.82, 2.24) is 24.7 Å². The van der Waals surface area contributed by atoms with Crippen LogP contribution in [0.5, 0.6) is 0 Å². The summed E-state index contributed by atoms with van der Waals surface area (Å²) in [5, 5.41) is 7.71. The fourth-order valence-electron chi connectivity index (χ4n) is 1.28. The summed E-state index contributed by atoms with van der Waals surface area (Å²) in [4.78, 5) is 7.72. The van der Waals surface area contributed by atoms with Crippen LogP contribution in [0.4, 0.5) is 0 Å². The standard InChI is InChI=1S/C8H9N5O2S/c1-13-7(4-16(14)15)11-12-8(13)6-2-9-5-10-3-6/h2-3,5,16H,4H2,1H3. The average molecular weight is 239 g/mol. The highest BCUT2D eigenvalue weighted by Crippen LogP contribution is 2.14. The number of hydrogen-bond acceptors (Lipinski definition) is 6. The van der Waals surface area contributed by atoms with Crippen LogP contribution in [0.3, 0.4) is 0 Å². The average Bonchev–Trinajstić information content (AvgIpc) is 2.61. The lowest BCUT2D eigenvalue weighted by molar-refractivity contribution is 0.611. The molecule has 0 saturated carbocycles. The smallest absolute Gasteiger partial charge is 0.166 e. The molecule has 0 fully saturated rings. The third-order valence-electron chi connectivity index (χ3n) is 2.05. The molecule has 0 aliphatic heterocycles. The maximum absolute atomic E-state index is 10.6. The van der Waals surface area contributed by atoms with Crippen molar-refractivity contribution >= 4 is 10.7 Å². The lowest BCUT2D eigenvalue weighted by Crippen LogP contribution is -2.00. The summed E-state index contributed by atoms with van der Waals surface area (Å²) >= 11 is 0. The van der Waals surface area contributed by atoms with Gasteiger partial charge in [-0.2, -0.15) is 0 Å². The van der Waals surface area contributed by atoms with Gasteiger partial charge in [-0.25, -0.2) is 18.4 Å². The summed E-state index contributed by atoms with van der Waals surface area (Å²) in [6, 6.07) is 0. The molecule has 0 aromatic carbocycles. The minimum absolute atomic E-state index is 0.119. The second-order valence-electron chi connectivity index (χ2n) is 3.12. The Bertz CT molecular complexity index is 555. The zero-order valence-electron chi connectivity index (χ0n) is 8.44. The Hall–Kier alpha value is -1.83. The number of aromatic nitrogens is 5. The molecule has 2 aromatic heterocycles. The maximum atomic E-state index is 10.6. The molecular formula is C8H9N5O2S. The molecule has 8 heteroatoms. The zero-order chi connectivity index (χ0) is 11.5. The molecule has 84 valence electrons. The van der Waals surface area contributed by atoms with Crippen LogP contribution in [-0.2, 0) is 23.5 Å². The van der Waals surface area contributed by atoms with Crippen molar-refractivity contribution in [3.63, 3.8) is 0 Å². The second kappa shape index (κ2) is 4.35. The molecule has 2 rings (SSSR count). The third-order valence-corrected chi connectivity index (χ3v) is 2.60. The van der Waals surface area contributed by atoms with E-state index in [1.54, 1.807) is 24.0 Å². The lowest BCUT2D eigenvalue weighted by Gasteiger charge is -2.00. The highest BCUT2D eigenvalue weighted by Gasteiger charge is 2.11. The van der Waals surface area contributed by atoms with Crippen molar-refractivity contribution in [3.05, 3.63) is 24.5 Å². The van der Waals surface area contributed by atoms with Gasteiger partial charge in [-0.1, -0.05) is 0 Å². The van der Waals surface area contributed by atoms with Gasteiger partial charge in [0.25, 0.3) is 0 Å². The van der Waals surface area contributed by atoms with E-state index in [0.717, 1.165) is 0 Å². The van der Waals surface area contributed by atoms with E-state index in [1.165, 1.54) is 6.33 Å². The van der Waals surface area contributed by atoms with Crippen molar-refractivity contribution in [2.45, 2.75) is 5.75 Å². The van der Waals surface area contributed by atoms with E-state index in [-0.39, 0.29) is 5.75 Å². The first-order valence-electron chi connectivity index (χ1n) is 4.44. The van der Waals surface area contributed by atoms with E-state index in [9.17, 15) is 8.42 Å². The molecular weight excluding hydrogens is 230 g/mol. The zero-order valence-corrected chi connectivity index (χ0v) is 9.33. The molecule has 0 aliphatic rings. The van der Waals surface area contributed by atoms with E-state index in [1.807, 2.05) is 0 Å². The van der Waals surface area contributed by atoms with Crippen LogP contribution < -0.4 is 0 Å². The number of hydrogen-bond donors (Lipinski definition) is 1. The van der Waals surface area contributed by atoms with Gasteiger partial charge in [-0.15, -0.1) is 10.2 Å². The van der Waals surface area contributed by atoms with Crippen LogP contribution in [0.2, 0.25) is 0 Å². The van der Waals surface area contributed by atoms with Crippen molar-refractivity contribution < 1.29 is 8.42 Å². The Labute approximate surface area is 93.1 Å². The Kier molecular flexibility index (Phi) is 2.91. The summed E-state index contributed by atoms with van der Waals surface area (Å²) in [6.07, 6.45) is 4.60. The monoisotopic (exact) mass is 239 g/mol. The van der Waals surface area contributed by atoms with E-state index < -0.39 is 10.7 Å². The summed E-state index contributed by atoms with van der Waals surface area (Å²) in [7, 11) is -0.798. The molecule has 0 N–H and O–H groups in total. The first-order chi connectivity index (χ1) is 7.68. The normalized spacial score (nSPS) is 10.9. The molecule has 7 nitrogen and oxygen atoms in total. The predicted octanol–water partition coefficient (Wildman–Crippen LogP) is -0.617. The number of thiol groups is 1. The fraction of sp³-hybridized carbons (Fsp3) is 0.250. The molecule has 0 bridgehead atoms. The highest BCUT2D eigenvalue weighted by atomic mass is 32.2. The molecule has 0 aliphatic carbocycles. The topological polar surface area (TPSA) is 90.6 Å². The number of nitrogens with zero attached hydrogens (tertiary/aromatic N) is 5. The molecule has 0 amide bonds. The molecule has 0 unspecified atom stereocenters. The van der Waals surface area contributed by atoms with Crippen LogP contribution in [0.15, 0.2) is 18.7 Å². The minimum atomic E-state index is -2.50. The predicted molar refractivity (Wildman–Crippen MR) is 56.0 cm³/mol. The molecule has 2 heterocycles. The number of rotatable bonds is 3. The molecule has 2 aromatic rings. The Balaban J connectivity index is 2.41. The van der Waals surface area contributed by atoms with Gasteiger partial charge in [0, 0.05) is 19.4 Å². The van der Waals surface area contributed by atoms with Gasteiger partial charge in [-0.3, -0.25) is 0 Å². The van der Waals surface area contributed by atoms with Crippen LogP contribution in [-0.4, -0.2) is 33.2 Å². The van der Waals surface area contributed by atoms with Crippen LogP contribution in [0, 0.1) is 0 Å². The molecule has 0 spiro atoms. The molecule has 16 heavy (non-hydrogen) atoms. The summed E-state index contributed by atoms with van der Waals surface area (Å²) in [6.45, 7) is 0. The SMILES string of the molecule is Cn1c(C[SH](=O)=O)nnc1-c1cncnc1. The Morgan fingerprint density at radius 2 is 1.94 bits per heavy atom. The maximum Gasteiger partial charge on any atom is 0.166 e. The lowest BCUT2D eigenvalue weighted by atomic mass is 10.3. The third kappa shape index (κ3) is 2.06. The van der Waals surface area contributed by atoms with Crippen LogP contribution in [0.1, 0.15) is 5.82 Å². The van der Waals surface area contributed by atoms with E-state index >= 15 is 0 Å². The van der Waals surface area contributed by atoms with E-state index in [2.05, 4.69) is 20.2 Å². The van der Waals surface area contributed by atoms with Gasteiger partial charge in [0.15, 0.2) is 5.82 Å². The second-order valence-corrected chi connectivity index (χ2v) is 4.10. The van der Waals surface area contributed by atoms with E-state index in [4.69, 9.17) is 0 Å². The highest BCUT2D eigenvalue weighted by molar-refractivity contribution is 7.71. The van der Waals surface area contributed by atoms with Gasteiger partial charge >= 0.3 is 0 Å². The van der Waals surface area contributed by atoms with Crippen molar-refractivity contribution in [1.29, 1.82) is 0 Å². The van der Waals surface area contributed by atoms with Crippen molar-refractivity contribution in [2.24, 2.45) is 7.05 Å². The quantitative estimate of drug-likeness (QED) is 0.718. The van der Waals surface area contributed by atoms with Crippen molar-refractivity contribution in [3.8, 4) is 11.4 Å². The van der Waals surface area contributed by atoms with Gasteiger partial charge < -0.3 is 4.57 Å².